The molecule has 2 N–H and O–H groups in total. The maximum Gasteiger partial charge on any atom is 0.119 e. The molecule has 118 valence electrons. The molecule has 0 heterocycles. The Balaban J connectivity index is 2.10. The van der Waals surface area contributed by atoms with Gasteiger partial charge in [-0.25, -0.2) is 0 Å². The van der Waals surface area contributed by atoms with Crippen molar-refractivity contribution in [1.29, 1.82) is 0 Å². The smallest absolute Gasteiger partial charge is 0.119 e. The lowest BCUT2D eigenvalue weighted by Gasteiger charge is -2.41. The molecule has 2 heteroatoms. The standard InChI is InChI=1S/C19H31NO/c1-19(2,3)17-9-8-15(13-20)16(12-17)10-14-6-5-7-18(11-14)21-4/h5-7,11,15-17H,8-10,12-13,20H2,1-4H3. The second-order valence-corrected chi connectivity index (χ2v) is 7.69. The molecule has 3 atom stereocenters. The first-order valence-corrected chi connectivity index (χ1v) is 8.27. The minimum Gasteiger partial charge on any atom is -0.497 e. The SMILES string of the molecule is COc1cccc(CC2CC(C(C)(C)C)CCC2CN)c1. The minimum atomic E-state index is 0.409. The lowest BCUT2D eigenvalue weighted by Crippen LogP contribution is -2.36. The van der Waals surface area contributed by atoms with Crippen LogP contribution in [-0.4, -0.2) is 13.7 Å². The topological polar surface area (TPSA) is 35.2 Å². The zero-order valence-electron chi connectivity index (χ0n) is 14.1. The highest BCUT2D eigenvalue weighted by Gasteiger charge is 2.35. The second kappa shape index (κ2) is 6.83. The van der Waals surface area contributed by atoms with Gasteiger partial charge in [-0.3, -0.25) is 0 Å². The number of hydrogen-bond acceptors (Lipinski definition) is 2. The second-order valence-electron chi connectivity index (χ2n) is 7.69. The molecule has 0 aliphatic heterocycles. The number of rotatable bonds is 4. The molecule has 3 unspecified atom stereocenters. The Labute approximate surface area is 130 Å². The molecule has 21 heavy (non-hydrogen) atoms. The molecule has 0 amide bonds. The molecule has 0 bridgehead atoms. The summed E-state index contributed by atoms with van der Waals surface area (Å²) in [6.45, 7) is 7.96. The van der Waals surface area contributed by atoms with Gasteiger partial charge >= 0.3 is 0 Å². The highest BCUT2D eigenvalue weighted by atomic mass is 16.5. The Kier molecular flexibility index (Phi) is 5.32. The molecule has 1 fully saturated rings. The third-order valence-corrected chi connectivity index (χ3v) is 5.30. The van der Waals surface area contributed by atoms with Crippen molar-refractivity contribution in [3.63, 3.8) is 0 Å². The zero-order chi connectivity index (χ0) is 15.5. The van der Waals surface area contributed by atoms with Crippen molar-refractivity contribution >= 4 is 0 Å². The first kappa shape index (κ1) is 16.4. The van der Waals surface area contributed by atoms with E-state index >= 15 is 0 Å². The van der Waals surface area contributed by atoms with Gasteiger partial charge in [-0.05, 0) is 73.1 Å². The molecule has 1 aromatic carbocycles. The monoisotopic (exact) mass is 289 g/mol. The summed E-state index contributed by atoms with van der Waals surface area (Å²) in [5, 5.41) is 0. The molecule has 1 aromatic rings. The van der Waals surface area contributed by atoms with E-state index in [0.29, 0.717) is 17.3 Å². The average molecular weight is 289 g/mol. The van der Waals surface area contributed by atoms with Gasteiger partial charge in [-0.1, -0.05) is 32.9 Å². The lowest BCUT2D eigenvalue weighted by molar-refractivity contribution is 0.101. The summed E-state index contributed by atoms with van der Waals surface area (Å²) >= 11 is 0. The van der Waals surface area contributed by atoms with Crippen LogP contribution in [0.3, 0.4) is 0 Å². The molecule has 2 rings (SSSR count). The van der Waals surface area contributed by atoms with E-state index in [9.17, 15) is 0 Å². The summed E-state index contributed by atoms with van der Waals surface area (Å²) < 4.78 is 5.35. The highest BCUT2D eigenvalue weighted by molar-refractivity contribution is 5.28. The van der Waals surface area contributed by atoms with Gasteiger partial charge in [0, 0.05) is 0 Å². The van der Waals surface area contributed by atoms with Crippen LogP contribution in [0.5, 0.6) is 5.75 Å². The molecule has 1 aliphatic carbocycles. The van der Waals surface area contributed by atoms with Crippen LogP contribution in [-0.2, 0) is 6.42 Å². The molecule has 0 aromatic heterocycles. The van der Waals surface area contributed by atoms with Crippen LogP contribution in [0.15, 0.2) is 24.3 Å². The van der Waals surface area contributed by atoms with Crippen LogP contribution in [0.1, 0.15) is 45.6 Å². The third-order valence-electron chi connectivity index (χ3n) is 5.30. The van der Waals surface area contributed by atoms with E-state index in [1.807, 2.05) is 6.07 Å². The quantitative estimate of drug-likeness (QED) is 0.898. The minimum absolute atomic E-state index is 0.409. The Hall–Kier alpha value is -1.02. The summed E-state index contributed by atoms with van der Waals surface area (Å²) in [7, 11) is 1.73. The summed E-state index contributed by atoms with van der Waals surface area (Å²) in [4.78, 5) is 0. The normalized spacial score (nSPS) is 26.6. The van der Waals surface area contributed by atoms with Gasteiger partial charge in [-0.15, -0.1) is 0 Å². The number of benzene rings is 1. The van der Waals surface area contributed by atoms with Gasteiger partial charge < -0.3 is 10.5 Å². The van der Waals surface area contributed by atoms with Gasteiger partial charge in [0.25, 0.3) is 0 Å². The van der Waals surface area contributed by atoms with Crippen LogP contribution >= 0.6 is 0 Å². The van der Waals surface area contributed by atoms with Crippen molar-refractivity contribution in [3.05, 3.63) is 29.8 Å². The number of hydrogen-bond donors (Lipinski definition) is 1. The molecule has 0 radical (unpaired) electrons. The summed E-state index contributed by atoms with van der Waals surface area (Å²) in [6.07, 6.45) is 5.06. The molecule has 0 spiro atoms. The van der Waals surface area contributed by atoms with Crippen LogP contribution in [0.2, 0.25) is 0 Å². The summed E-state index contributed by atoms with van der Waals surface area (Å²) in [5.74, 6) is 3.16. The fraction of sp³-hybridized carbons (Fsp3) is 0.684. The van der Waals surface area contributed by atoms with Crippen molar-refractivity contribution in [3.8, 4) is 5.75 Å². The van der Waals surface area contributed by atoms with Crippen LogP contribution in [0.25, 0.3) is 0 Å². The predicted molar refractivity (Wildman–Crippen MR) is 89.5 cm³/mol. The van der Waals surface area contributed by atoms with Gasteiger partial charge in [0.1, 0.15) is 5.75 Å². The van der Waals surface area contributed by atoms with E-state index in [0.717, 1.165) is 24.6 Å². The Morgan fingerprint density at radius 3 is 2.57 bits per heavy atom. The maximum atomic E-state index is 6.03. The molecule has 0 saturated heterocycles. The van der Waals surface area contributed by atoms with Crippen molar-refractivity contribution in [2.75, 3.05) is 13.7 Å². The molecule has 1 saturated carbocycles. The predicted octanol–water partition coefficient (Wildman–Crippen LogP) is 4.28. The Morgan fingerprint density at radius 1 is 1.19 bits per heavy atom. The van der Waals surface area contributed by atoms with Crippen LogP contribution in [0, 0.1) is 23.2 Å². The fourth-order valence-corrected chi connectivity index (χ4v) is 3.78. The largest absolute Gasteiger partial charge is 0.497 e. The van der Waals surface area contributed by atoms with E-state index in [-0.39, 0.29) is 0 Å². The van der Waals surface area contributed by atoms with Gasteiger partial charge in [-0.2, -0.15) is 0 Å². The maximum absolute atomic E-state index is 6.03. The van der Waals surface area contributed by atoms with Crippen LogP contribution in [0.4, 0.5) is 0 Å². The fourth-order valence-electron chi connectivity index (χ4n) is 3.78. The van der Waals surface area contributed by atoms with E-state index in [4.69, 9.17) is 10.5 Å². The highest BCUT2D eigenvalue weighted by Crippen LogP contribution is 2.43. The third kappa shape index (κ3) is 4.23. The summed E-state index contributed by atoms with van der Waals surface area (Å²) in [6, 6.07) is 8.50. The lowest BCUT2D eigenvalue weighted by atomic mass is 9.64. The molecule has 1 aliphatic rings. The zero-order valence-corrected chi connectivity index (χ0v) is 14.1. The van der Waals surface area contributed by atoms with Gasteiger partial charge in [0.05, 0.1) is 7.11 Å². The van der Waals surface area contributed by atoms with Crippen molar-refractivity contribution in [1.82, 2.24) is 0 Å². The molecule has 2 nitrogen and oxygen atoms in total. The van der Waals surface area contributed by atoms with Crippen molar-refractivity contribution in [2.45, 2.75) is 46.5 Å². The Morgan fingerprint density at radius 2 is 1.95 bits per heavy atom. The van der Waals surface area contributed by atoms with Gasteiger partial charge in [0.15, 0.2) is 0 Å². The van der Waals surface area contributed by atoms with E-state index in [1.54, 1.807) is 7.11 Å². The number of nitrogens with two attached hydrogens (primary N) is 1. The van der Waals surface area contributed by atoms with Crippen molar-refractivity contribution in [2.24, 2.45) is 28.9 Å². The number of ether oxygens (including phenoxy) is 1. The molecular formula is C19H31NO. The molecular weight excluding hydrogens is 258 g/mol. The number of methoxy groups -OCH3 is 1. The Bertz CT molecular complexity index is 449. The first-order valence-electron chi connectivity index (χ1n) is 8.27. The summed E-state index contributed by atoms with van der Waals surface area (Å²) in [5.41, 5.74) is 7.82. The van der Waals surface area contributed by atoms with E-state index in [1.165, 1.54) is 24.8 Å². The van der Waals surface area contributed by atoms with Crippen molar-refractivity contribution < 1.29 is 4.74 Å². The van der Waals surface area contributed by atoms with E-state index in [2.05, 4.69) is 39.0 Å². The van der Waals surface area contributed by atoms with Gasteiger partial charge in [0.2, 0.25) is 0 Å². The first-order chi connectivity index (χ1) is 9.94. The van der Waals surface area contributed by atoms with Crippen LogP contribution < -0.4 is 10.5 Å². The average Bonchev–Trinajstić information content (AvgIpc) is 2.46. The van der Waals surface area contributed by atoms with E-state index < -0.39 is 0 Å².